The molecule has 1 aliphatic heterocycles. The Morgan fingerprint density at radius 1 is 1.33 bits per heavy atom. The van der Waals surface area contributed by atoms with Crippen molar-refractivity contribution in [1.82, 2.24) is 0 Å². The minimum atomic E-state index is -0.268. The van der Waals surface area contributed by atoms with E-state index < -0.39 is 0 Å². The zero-order valence-electron chi connectivity index (χ0n) is 8.26. The van der Waals surface area contributed by atoms with Gasteiger partial charge in [0.1, 0.15) is 11.7 Å². The lowest BCUT2D eigenvalue weighted by atomic mass is 10.1. The number of amidine groups is 1. The van der Waals surface area contributed by atoms with E-state index in [1.807, 2.05) is 0 Å². The van der Waals surface area contributed by atoms with Gasteiger partial charge in [-0.05, 0) is 31.0 Å². The van der Waals surface area contributed by atoms with Crippen LogP contribution in [0.1, 0.15) is 19.3 Å². The summed E-state index contributed by atoms with van der Waals surface area (Å²) in [5, 5.41) is 7.78. The normalized spacial score (nSPS) is 16.9. The fourth-order valence-corrected chi connectivity index (χ4v) is 2.13. The number of anilines is 1. The monoisotopic (exact) mass is 270 g/mol. The Kier molecular flexibility index (Phi) is 3.05. The molecule has 2 nitrogen and oxygen atoms in total. The van der Waals surface area contributed by atoms with Crippen LogP contribution in [-0.4, -0.2) is 12.4 Å². The summed E-state index contributed by atoms with van der Waals surface area (Å²) in [6.45, 7) is 0.747. The summed E-state index contributed by atoms with van der Waals surface area (Å²) >= 11 is 3.22. The number of nitrogens with zero attached hydrogens (tertiary/aromatic N) is 1. The van der Waals surface area contributed by atoms with Crippen LogP contribution >= 0.6 is 15.9 Å². The van der Waals surface area contributed by atoms with Gasteiger partial charge in [0, 0.05) is 17.4 Å². The highest BCUT2D eigenvalue weighted by molar-refractivity contribution is 9.10. The van der Waals surface area contributed by atoms with Gasteiger partial charge in [0.05, 0.1) is 5.69 Å². The smallest absolute Gasteiger partial charge is 0.147 e. The molecule has 0 unspecified atom stereocenters. The second-order valence-electron chi connectivity index (χ2n) is 3.65. The summed E-state index contributed by atoms with van der Waals surface area (Å²) < 4.78 is 14.4. The zero-order valence-corrected chi connectivity index (χ0v) is 9.85. The summed E-state index contributed by atoms with van der Waals surface area (Å²) in [5.41, 5.74) is 0.517. The van der Waals surface area contributed by atoms with Gasteiger partial charge in [-0.15, -0.1) is 0 Å². The molecule has 0 saturated carbocycles. The van der Waals surface area contributed by atoms with Crippen LogP contribution < -0.4 is 4.90 Å². The Morgan fingerprint density at radius 3 is 2.80 bits per heavy atom. The van der Waals surface area contributed by atoms with Crippen LogP contribution in [-0.2, 0) is 0 Å². The van der Waals surface area contributed by atoms with Gasteiger partial charge in [-0.3, -0.25) is 5.41 Å². The second-order valence-corrected chi connectivity index (χ2v) is 4.57. The standard InChI is InChI=1S/C11H12BrFN2/c12-8-4-5-10(9(13)7-8)15-6-2-1-3-11(15)14/h4-5,7,14H,1-3,6H2. The molecule has 1 N–H and O–H groups in total. The topological polar surface area (TPSA) is 27.1 Å². The van der Waals surface area contributed by atoms with Gasteiger partial charge in [0.25, 0.3) is 0 Å². The van der Waals surface area contributed by atoms with E-state index in [1.165, 1.54) is 6.07 Å². The fourth-order valence-electron chi connectivity index (χ4n) is 1.80. The predicted molar refractivity (Wildman–Crippen MR) is 63.0 cm³/mol. The number of nitrogens with one attached hydrogen (secondary N) is 1. The van der Waals surface area contributed by atoms with Gasteiger partial charge in [-0.2, -0.15) is 0 Å². The number of hydrogen-bond donors (Lipinski definition) is 1. The highest BCUT2D eigenvalue weighted by Gasteiger charge is 2.19. The van der Waals surface area contributed by atoms with Crippen molar-refractivity contribution in [2.75, 3.05) is 11.4 Å². The van der Waals surface area contributed by atoms with E-state index in [-0.39, 0.29) is 5.82 Å². The number of hydrogen-bond acceptors (Lipinski definition) is 1. The molecular formula is C11H12BrFN2. The molecule has 1 saturated heterocycles. The molecule has 1 aliphatic rings. The Labute approximate surface area is 96.7 Å². The van der Waals surface area contributed by atoms with Gasteiger partial charge in [0.15, 0.2) is 0 Å². The Hall–Kier alpha value is -0.900. The summed E-state index contributed by atoms with van der Waals surface area (Å²) in [6, 6.07) is 4.97. The molecule has 0 aliphatic carbocycles. The summed E-state index contributed by atoms with van der Waals surface area (Å²) in [5.74, 6) is 0.249. The Bertz CT molecular complexity index is 392. The first kappa shape index (κ1) is 10.6. The molecule has 0 atom stereocenters. The summed E-state index contributed by atoms with van der Waals surface area (Å²) in [7, 11) is 0. The quantitative estimate of drug-likeness (QED) is 0.830. The van der Waals surface area contributed by atoms with Crippen molar-refractivity contribution in [2.45, 2.75) is 19.3 Å². The average Bonchev–Trinajstić information content (AvgIpc) is 2.20. The van der Waals surface area contributed by atoms with E-state index in [4.69, 9.17) is 5.41 Å². The summed E-state index contributed by atoms with van der Waals surface area (Å²) in [4.78, 5) is 1.76. The van der Waals surface area contributed by atoms with E-state index in [9.17, 15) is 4.39 Å². The lowest BCUT2D eigenvalue weighted by molar-refractivity contribution is 0.616. The van der Waals surface area contributed by atoms with Crippen LogP contribution in [0.2, 0.25) is 0 Å². The molecule has 1 fully saturated rings. The third-order valence-electron chi connectivity index (χ3n) is 2.57. The maximum absolute atomic E-state index is 13.6. The molecule has 1 aromatic rings. The van der Waals surface area contributed by atoms with Crippen LogP contribution in [0.3, 0.4) is 0 Å². The van der Waals surface area contributed by atoms with Crippen molar-refractivity contribution in [3.8, 4) is 0 Å². The highest BCUT2D eigenvalue weighted by atomic mass is 79.9. The lowest BCUT2D eigenvalue weighted by Crippen LogP contribution is -2.35. The molecule has 0 bridgehead atoms. The Morgan fingerprint density at radius 2 is 2.13 bits per heavy atom. The molecule has 4 heteroatoms. The number of piperidine rings is 1. The van der Waals surface area contributed by atoms with E-state index in [0.717, 1.165) is 30.3 Å². The van der Waals surface area contributed by atoms with Crippen LogP contribution in [0.15, 0.2) is 22.7 Å². The van der Waals surface area contributed by atoms with Crippen molar-refractivity contribution >= 4 is 27.5 Å². The van der Waals surface area contributed by atoms with Crippen molar-refractivity contribution in [2.24, 2.45) is 0 Å². The average molecular weight is 271 g/mol. The molecular weight excluding hydrogens is 259 g/mol. The maximum Gasteiger partial charge on any atom is 0.147 e. The van der Waals surface area contributed by atoms with E-state index >= 15 is 0 Å². The molecule has 1 heterocycles. The van der Waals surface area contributed by atoms with Crippen molar-refractivity contribution in [3.63, 3.8) is 0 Å². The number of benzene rings is 1. The SMILES string of the molecule is N=C1CCCCN1c1ccc(Br)cc1F. The van der Waals surface area contributed by atoms with Crippen LogP contribution in [0.25, 0.3) is 0 Å². The summed E-state index contributed by atoms with van der Waals surface area (Å²) in [6.07, 6.45) is 2.81. The van der Waals surface area contributed by atoms with Crippen LogP contribution in [0.5, 0.6) is 0 Å². The van der Waals surface area contributed by atoms with Crippen molar-refractivity contribution in [3.05, 3.63) is 28.5 Å². The van der Waals surface area contributed by atoms with Gasteiger partial charge in [-0.25, -0.2) is 4.39 Å². The third kappa shape index (κ3) is 2.20. The van der Waals surface area contributed by atoms with E-state index in [1.54, 1.807) is 17.0 Å². The van der Waals surface area contributed by atoms with Gasteiger partial charge < -0.3 is 4.90 Å². The molecule has 15 heavy (non-hydrogen) atoms. The molecule has 0 aromatic heterocycles. The lowest BCUT2D eigenvalue weighted by Gasteiger charge is -2.29. The fraction of sp³-hybridized carbons (Fsp3) is 0.364. The second kappa shape index (κ2) is 4.31. The van der Waals surface area contributed by atoms with Gasteiger partial charge in [0.2, 0.25) is 0 Å². The first-order valence-electron chi connectivity index (χ1n) is 4.98. The van der Waals surface area contributed by atoms with Crippen LogP contribution in [0, 0.1) is 11.2 Å². The molecule has 0 radical (unpaired) electrons. The maximum atomic E-state index is 13.6. The van der Waals surface area contributed by atoms with Crippen molar-refractivity contribution in [1.29, 1.82) is 5.41 Å². The predicted octanol–water partition coefficient (Wildman–Crippen LogP) is 3.56. The zero-order chi connectivity index (χ0) is 10.8. The molecule has 1 aromatic carbocycles. The van der Waals surface area contributed by atoms with Gasteiger partial charge >= 0.3 is 0 Å². The molecule has 0 spiro atoms. The highest BCUT2D eigenvalue weighted by Crippen LogP contribution is 2.26. The molecule has 80 valence electrons. The molecule has 0 amide bonds. The minimum Gasteiger partial charge on any atom is -0.328 e. The first-order chi connectivity index (χ1) is 7.18. The van der Waals surface area contributed by atoms with Crippen LogP contribution in [0.4, 0.5) is 10.1 Å². The third-order valence-corrected chi connectivity index (χ3v) is 3.06. The molecule has 2 rings (SSSR count). The minimum absolute atomic E-state index is 0.268. The number of halogens is 2. The largest absolute Gasteiger partial charge is 0.328 e. The van der Waals surface area contributed by atoms with E-state index in [0.29, 0.717) is 11.5 Å². The van der Waals surface area contributed by atoms with E-state index in [2.05, 4.69) is 15.9 Å². The van der Waals surface area contributed by atoms with Crippen molar-refractivity contribution < 1.29 is 4.39 Å². The number of rotatable bonds is 1. The van der Waals surface area contributed by atoms with Gasteiger partial charge in [-0.1, -0.05) is 15.9 Å². The first-order valence-corrected chi connectivity index (χ1v) is 5.78. The Balaban J connectivity index is 2.31.